The number of nitrogens with zero attached hydrogens (tertiary/aromatic N) is 6. The summed E-state index contributed by atoms with van der Waals surface area (Å²) in [6.07, 6.45) is 3.03. The molecule has 0 aliphatic carbocycles. The Labute approximate surface area is 232 Å². The quantitative estimate of drug-likeness (QED) is 0.205. The molecule has 15 nitrogen and oxygen atoms in total. The lowest BCUT2D eigenvalue weighted by Gasteiger charge is -2.00. The Bertz CT molecular complexity index is 1440. The molecule has 0 radical (unpaired) electrons. The van der Waals surface area contributed by atoms with E-state index in [2.05, 4.69) is 57.3 Å². The van der Waals surface area contributed by atoms with Gasteiger partial charge in [-0.1, -0.05) is 0 Å². The number of aryl methyl sites for hydroxylation is 2. The second-order valence-corrected chi connectivity index (χ2v) is 10.9. The molecule has 0 atom stereocenters. The van der Waals surface area contributed by atoms with Crippen LogP contribution in [0.5, 0.6) is 0 Å². The first-order chi connectivity index (χ1) is 17.3. The number of hydrogen-bond acceptors (Lipinski definition) is 11. The minimum Gasteiger partial charge on any atom is -0.476 e. The molecule has 8 N–H and O–H groups in total. The molecule has 19 heteroatoms. The number of carboxylic acid groups (broad SMARTS) is 1. The second kappa shape index (κ2) is 13.0. The fraction of sp³-hybridized carbons (Fsp3) is 0.111. The van der Waals surface area contributed by atoms with Crippen LogP contribution in [0.15, 0.2) is 31.0 Å². The van der Waals surface area contributed by atoms with E-state index < -0.39 is 23.7 Å². The molecule has 0 unspecified atom stereocenters. The molecular weight excluding hydrogens is 660 g/mol. The van der Waals surface area contributed by atoms with Gasteiger partial charge in [-0.05, 0) is 31.9 Å². The van der Waals surface area contributed by atoms with Crippen LogP contribution in [0.25, 0.3) is 0 Å². The second-order valence-electron chi connectivity index (χ2n) is 6.63. The van der Waals surface area contributed by atoms with Gasteiger partial charge in [0.25, 0.3) is 17.7 Å². The van der Waals surface area contributed by atoms with E-state index in [4.69, 9.17) is 22.3 Å². The minimum absolute atomic E-state index is 0.0140. The molecule has 4 heterocycles. The number of aromatic nitrogens is 6. The molecule has 0 aliphatic rings. The Kier molecular flexibility index (Phi) is 10.4. The summed E-state index contributed by atoms with van der Waals surface area (Å²) in [6, 6.07) is 0. The van der Waals surface area contributed by atoms with Gasteiger partial charge in [0.15, 0.2) is 24.9 Å². The number of primary amides is 2. The molecule has 0 saturated carbocycles. The SMILES string of the molecule is Cn1cc(N)c(C(N)=O)n1.Cn1cc(NC(=O)c2csc(Br)n2)c(C(N)=O)n1.O=C(O)c1csc(Br)n1. The number of hydrogen-bond donors (Lipinski definition) is 5. The summed E-state index contributed by atoms with van der Waals surface area (Å²) in [5.41, 5.74) is 16.5. The molecule has 0 spiro atoms. The van der Waals surface area contributed by atoms with Gasteiger partial charge in [0, 0.05) is 37.2 Å². The highest BCUT2D eigenvalue weighted by Crippen LogP contribution is 2.18. The molecule has 4 aromatic heterocycles. The summed E-state index contributed by atoms with van der Waals surface area (Å²) in [6.45, 7) is 0. The first kappa shape index (κ1) is 29.5. The standard InChI is InChI=1S/C9H8BrN5O2S.C5H8N4O.C4H2BrNO2S/c1-15-2-4(6(14-15)7(11)16)12-8(17)5-3-18-9(10)13-5;1-9-2-3(6)4(8-9)5(7)10;5-4-6-2(1-9-4)3(7)8/h2-3H,1H3,(H2,11,16)(H,12,17);2H,6H2,1H3,(H2,7,10);1H,(H,7,8). The van der Waals surface area contributed by atoms with Gasteiger partial charge < -0.3 is 27.6 Å². The van der Waals surface area contributed by atoms with Gasteiger partial charge in [-0.2, -0.15) is 10.2 Å². The van der Waals surface area contributed by atoms with E-state index >= 15 is 0 Å². The molecule has 0 aromatic carbocycles. The number of nitrogen functional groups attached to an aromatic ring is 1. The molecule has 4 rings (SSSR count). The van der Waals surface area contributed by atoms with Crippen LogP contribution in [0.4, 0.5) is 11.4 Å². The number of nitrogens with one attached hydrogen (secondary N) is 1. The first-order valence-corrected chi connectivity index (χ1v) is 12.8. The van der Waals surface area contributed by atoms with Crippen molar-refractivity contribution < 1.29 is 24.3 Å². The Morgan fingerprint density at radius 2 is 1.38 bits per heavy atom. The summed E-state index contributed by atoms with van der Waals surface area (Å²) < 4.78 is 4.04. The highest BCUT2D eigenvalue weighted by Gasteiger charge is 2.17. The third-order valence-electron chi connectivity index (χ3n) is 3.80. The summed E-state index contributed by atoms with van der Waals surface area (Å²) in [5, 5.41) is 21.5. The number of thiazole rings is 2. The monoisotopic (exact) mass is 676 g/mol. The van der Waals surface area contributed by atoms with Crippen molar-refractivity contribution in [3.05, 3.63) is 53.8 Å². The smallest absolute Gasteiger partial charge is 0.355 e. The Balaban J connectivity index is 0.000000214. The van der Waals surface area contributed by atoms with Crippen LogP contribution >= 0.6 is 54.5 Å². The average Bonchev–Trinajstić information content (AvgIpc) is 3.57. The van der Waals surface area contributed by atoms with Gasteiger partial charge in [0.2, 0.25) is 0 Å². The number of amides is 3. The number of halogens is 2. The molecule has 0 saturated heterocycles. The number of carboxylic acids is 1. The van der Waals surface area contributed by atoms with Crippen molar-refractivity contribution in [2.75, 3.05) is 11.1 Å². The van der Waals surface area contributed by atoms with E-state index in [1.165, 1.54) is 49.8 Å². The number of nitrogens with two attached hydrogens (primary N) is 3. The summed E-state index contributed by atoms with van der Waals surface area (Å²) >= 11 is 8.76. The molecule has 196 valence electrons. The first-order valence-electron chi connectivity index (χ1n) is 9.47. The van der Waals surface area contributed by atoms with Crippen molar-refractivity contribution in [1.29, 1.82) is 0 Å². The Hall–Kier alpha value is -3.68. The van der Waals surface area contributed by atoms with E-state index in [1.807, 2.05) is 0 Å². The predicted molar refractivity (Wildman–Crippen MR) is 142 cm³/mol. The zero-order valence-electron chi connectivity index (χ0n) is 18.9. The number of anilines is 2. The van der Waals surface area contributed by atoms with Gasteiger partial charge in [-0.15, -0.1) is 22.7 Å². The molecule has 37 heavy (non-hydrogen) atoms. The van der Waals surface area contributed by atoms with Gasteiger partial charge in [-0.3, -0.25) is 23.7 Å². The predicted octanol–water partition coefficient (Wildman–Crippen LogP) is 1.70. The van der Waals surface area contributed by atoms with Crippen LogP contribution in [0.1, 0.15) is 42.0 Å². The zero-order valence-corrected chi connectivity index (χ0v) is 23.7. The summed E-state index contributed by atoms with van der Waals surface area (Å²) in [5.74, 6) is -2.71. The summed E-state index contributed by atoms with van der Waals surface area (Å²) in [4.78, 5) is 51.2. The maximum Gasteiger partial charge on any atom is 0.355 e. The summed E-state index contributed by atoms with van der Waals surface area (Å²) in [7, 11) is 3.30. The molecule has 0 fully saturated rings. The zero-order chi connectivity index (χ0) is 27.9. The van der Waals surface area contributed by atoms with Crippen molar-refractivity contribution in [1.82, 2.24) is 29.5 Å². The van der Waals surface area contributed by atoms with E-state index in [0.717, 1.165) is 0 Å². The third-order valence-corrected chi connectivity index (χ3v) is 6.53. The largest absolute Gasteiger partial charge is 0.476 e. The van der Waals surface area contributed by atoms with Crippen LogP contribution in [-0.2, 0) is 14.1 Å². The van der Waals surface area contributed by atoms with Gasteiger partial charge in [-0.25, -0.2) is 14.8 Å². The van der Waals surface area contributed by atoms with Crippen LogP contribution in [0.2, 0.25) is 0 Å². The Morgan fingerprint density at radius 1 is 0.892 bits per heavy atom. The molecular formula is C18H18Br2N10O5S2. The lowest BCUT2D eigenvalue weighted by Crippen LogP contribution is -2.18. The number of carbonyl (C=O) groups excluding carboxylic acids is 3. The third kappa shape index (κ3) is 8.74. The van der Waals surface area contributed by atoms with E-state index in [9.17, 15) is 19.2 Å². The van der Waals surface area contributed by atoms with Crippen molar-refractivity contribution in [3.8, 4) is 0 Å². The molecule has 0 aliphatic heterocycles. The van der Waals surface area contributed by atoms with Crippen LogP contribution < -0.4 is 22.5 Å². The fourth-order valence-corrected chi connectivity index (χ4v) is 4.33. The Morgan fingerprint density at radius 3 is 1.73 bits per heavy atom. The van der Waals surface area contributed by atoms with Gasteiger partial charge in [0.05, 0.1) is 11.4 Å². The van der Waals surface area contributed by atoms with E-state index in [1.54, 1.807) is 19.5 Å². The lowest BCUT2D eigenvalue weighted by atomic mass is 10.3. The number of rotatable bonds is 5. The van der Waals surface area contributed by atoms with E-state index in [0.29, 0.717) is 13.5 Å². The average molecular weight is 678 g/mol. The number of carbonyl (C=O) groups is 4. The fourth-order valence-electron chi connectivity index (χ4n) is 2.35. The maximum absolute atomic E-state index is 11.8. The maximum atomic E-state index is 11.8. The molecule has 0 bridgehead atoms. The van der Waals surface area contributed by atoms with Crippen molar-refractivity contribution in [2.45, 2.75) is 0 Å². The lowest BCUT2D eigenvalue weighted by molar-refractivity contribution is 0.0690. The van der Waals surface area contributed by atoms with Gasteiger partial charge in [0.1, 0.15) is 5.69 Å². The molecule has 4 aromatic rings. The van der Waals surface area contributed by atoms with Crippen molar-refractivity contribution >= 4 is 89.6 Å². The van der Waals surface area contributed by atoms with Crippen molar-refractivity contribution in [2.24, 2.45) is 25.6 Å². The minimum atomic E-state index is -0.989. The topological polar surface area (TPSA) is 240 Å². The number of aromatic carboxylic acids is 1. The van der Waals surface area contributed by atoms with Crippen LogP contribution in [0, 0.1) is 0 Å². The van der Waals surface area contributed by atoms with E-state index in [-0.39, 0.29) is 28.5 Å². The molecule has 3 amide bonds. The highest BCUT2D eigenvalue weighted by molar-refractivity contribution is 9.11. The van der Waals surface area contributed by atoms with Crippen LogP contribution in [0.3, 0.4) is 0 Å². The van der Waals surface area contributed by atoms with Crippen molar-refractivity contribution in [3.63, 3.8) is 0 Å². The highest BCUT2D eigenvalue weighted by atomic mass is 79.9. The normalized spacial score (nSPS) is 9.95. The van der Waals surface area contributed by atoms with Gasteiger partial charge >= 0.3 is 5.97 Å². The van der Waals surface area contributed by atoms with Crippen LogP contribution in [-0.4, -0.2) is 58.3 Å².